The van der Waals surface area contributed by atoms with Gasteiger partial charge in [-0.05, 0) is 57.8 Å². The van der Waals surface area contributed by atoms with E-state index in [0.29, 0.717) is 6.61 Å². The highest BCUT2D eigenvalue weighted by Crippen LogP contribution is 2.35. The first-order valence-corrected chi connectivity index (χ1v) is 8.00. The summed E-state index contributed by atoms with van der Waals surface area (Å²) in [5.41, 5.74) is 2.48. The van der Waals surface area contributed by atoms with Crippen molar-refractivity contribution in [3.8, 4) is 16.9 Å². The number of benzene rings is 4. The molecule has 0 aromatic heterocycles. The average molecular weight is 298 g/mol. The van der Waals surface area contributed by atoms with E-state index in [2.05, 4.69) is 66.7 Å². The summed E-state index contributed by atoms with van der Waals surface area (Å²) in [5.74, 6) is 0.918. The van der Waals surface area contributed by atoms with E-state index in [1.54, 1.807) is 0 Å². The van der Waals surface area contributed by atoms with Crippen molar-refractivity contribution >= 4 is 21.5 Å². The lowest BCUT2D eigenvalue weighted by molar-refractivity contribution is 0.340. The molecule has 0 N–H and O–H groups in total. The molecule has 0 fully saturated rings. The molecule has 23 heavy (non-hydrogen) atoms. The van der Waals surface area contributed by atoms with Gasteiger partial charge in [0.1, 0.15) is 5.75 Å². The van der Waals surface area contributed by atoms with E-state index >= 15 is 0 Å². The molecular weight excluding hydrogens is 280 g/mol. The second kappa shape index (κ2) is 5.77. The fourth-order valence-corrected chi connectivity index (χ4v) is 3.19. The van der Waals surface area contributed by atoms with Crippen LogP contribution in [0.4, 0.5) is 0 Å². The van der Waals surface area contributed by atoms with Gasteiger partial charge in [0, 0.05) is 0 Å². The Labute approximate surface area is 136 Å². The molecule has 0 radical (unpaired) electrons. The first kappa shape index (κ1) is 13.8. The van der Waals surface area contributed by atoms with Gasteiger partial charge in [0.2, 0.25) is 0 Å². The molecule has 4 aromatic rings. The van der Waals surface area contributed by atoms with Crippen molar-refractivity contribution in [1.82, 2.24) is 0 Å². The molecule has 0 unspecified atom stereocenters. The van der Waals surface area contributed by atoms with Gasteiger partial charge in [0.05, 0.1) is 6.61 Å². The lowest BCUT2D eigenvalue weighted by atomic mass is 9.93. The van der Waals surface area contributed by atoms with E-state index in [1.165, 1.54) is 32.7 Å². The SMILES string of the molecule is CCOc1ccc(-c2cc3ccccc3c3ccccc23)cc1. The number of rotatable bonds is 3. The van der Waals surface area contributed by atoms with E-state index in [-0.39, 0.29) is 0 Å². The number of hydrogen-bond acceptors (Lipinski definition) is 1. The van der Waals surface area contributed by atoms with Crippen molar-refractivity contribution in [2.75, 3.05) is 6.61 Å². The summed E-state index contributed by atoms with van der Waals surface area (Å²) in [5, 5.41) is 5.16. The third-order valence-corrected chi connectivity index (χ3v) is 4.24. The van der Waals surface area contributed by atoms with Gasteiger partial charge in [0.15, 0.2) is 0 Å². The molecule has 1 nitrogen and oxygen atoms in total. The van der Waals surface area contributed by atoms with Crippen molar-refractivity contribution in [2.45, 2.75) is 6.92 Å². The van der Waals surface area contributed by atoms with Crippen LogP contribution >= 0.6 is 0 Å². The molecule has 0 saturated carbocycles. The van der Waals surface area contributed by atoms with Crippen LogP contribution < -0.4 is 4.74 Å². The van der Waals surface area contributed by atoms with Gasteiger partial charge < -0.3 is 4.74 Å². The molecule has 0 amide bonds. The zero-order valence-corrected chi connectivity index (χ0v) is 13.1. The molecule has 1 heteroatoms. The van der Waals surface area contributed by atoms with E-state index in [0.717, 1.165) is 5.75 Å². The van der Waals surface area contributed by atoms with Gasteiger partial charge in [0.25, 0.3) is 0 Å². The van der Waals surface area contributed by atoms with Crippen LogP contribution in [0.15, 0.2) is 78.9 Å². The maximum absolute atomic E-state index is 5.55. The van der Waals surface area contributed by atoms with E-state index in [1.807, 2.05) is 19.1 Å². The fraction of sp³-hybridized carbons (Fsp3) is 0.0909. The van der Waals surface area contributed by atoms with Crippen LogP contribution in [0.1, 0.15) is 6.92 Å². The Bertz CT molecular complexity index is 968. The predicted molar refractivity (Wildman–Crippen MR) is 98.1 cm³/mol. The molecule has 0 aliphatic carbocycles. The average Bonchev–Trinajstić information content (AvgIpc) is 2.62. The molecule has 0 spiro atoms. The highest BCUT2D eigenvalue weighted by molar-refractivity contribution is 6.13. The van der Waals surface area contributed by atoms with Crippen LogP contribution in [0.5, 0.6) is 5.75 Å². The van der Waals surface area contributed by atoms with Gasteiger partial charge in [-0.3, -0.25) is 0 Å². The monoisotopic (exact) mass is 298 g/mol. The summed E-state index contributed by atoms with van der Waals surface area (Å²) in [6.07, 6.45) is 0. The largest absolute Gasteiger partial charge is 0.494 e. The lowest BCUT2D eigenvalue weighted by Gasteiger charge is -2.11. The first-order chi connectivity index (χ1) is 11.4. The Hall–Kier alpha value is -2.80. The molecular formula is C22H18O. The minimum Gasteiger partial charge on any atom is -0.494 e. The number of fused-ring (bicyclic) bond motifs is 3. The number of hydrogen-bond donors (Lipinski definition) is 0. The van der Waals surface area contributed by atoms with Crippen LogP contribution in [0, 0.1) is 0 Å². The molecule has 0 aliphatic rings. The Morgan fingerprint density at radius 1 is 0.696 bits per heavy atom. The van der Waals surface area contributed by atoms with Crippen molar-refractivity contribution in [1.29, 1.82) is 0 Å². The number of ether oxygens (including phenoxy) is 1. The van der Waals surface area contributed by atoms with Gasteiger partial charge in [-0.25, -0.2) is 0 Å². The molecule has 0 heterocycles. The topological polar surface area (TPSA) is 9.23 Å². The molecule has 4 rings (SSSR count). The van der Waals surface area contributed by atoms with Crippen molar-refractivity contribution in [2.24, 2.45) is 0 Å². The van der Waals surface area contributed by atoms with Crippen LogP contribution in [0.3, 0.4) is 0 Å². The summed E-state index contributed by atoms with van der Waals surface area (Å²) in [6, 6.07) is 27.8. The lowest BCUT2D eigenvalue weighted by Crippen LogP contribution is -1.91. The molecule has 0 bridgehead atoms. The van der Waals surface area contributed by atoms with E-state index < -0.39 is 0 Å². The maximum Gasteiger partial charge on any atom is 0.119 e. The Morgan fingerprint density at radius 2 is 1.35 bits per heavy atom. The Kier molecular flexibility index (Phi) is 3.47. The molecule has 0 aliphatic heterocycles. The zero-order valence-electron chi connectivity index (χ0n) is 13.1. The molecule has 4 aromatic carbocycles. The van der Waals surface area contributed by atoms with Crippen molar-refractivity contribution < 1.29 is 4.74 Å². The van der Waals surface area contributed by atoms with Gasteiger partial charge in [-0.15, -0.1) is 0 Å². The third-order valence-electron chi connectivity index (χ3n) is 4.24. The normalized spacial score (nSPS) is 11.0. The van der Waals surface area contributed by atoms with E-state index in [4.69, 9.17) is 4.74 Å². The summed E-state index contributed by atoms with van der Waals surface area (Å²) >= 11 is 0. The quantitative estimate of drug-likeness (QED) is 0.418. The smallest absolute Gasteiger partial charge is 0.119 e. The molecule has 0 atom stereocenters. The van der Waals surface area contributed by atoms with Gasteiger partial charge in [-0.2, -0.15) is 0 Å². The van der Waals surface area contributed by atoms with Crippen LogP contribution in [-0.4, -0.2) is 6.61 Å². The van der Waals surface area contributed by atoms with Crippen LogP contribution in [0.2, 0.25) is 0 Å². The fourth-order valence-electron chi connectivity index (χ4n) is 3.19. The summed E-state index contributed by atoms with van der Waals surface area (Å²) < 4.78 is 5.55. The van der Waals surface area contributed by atoms with Gasteiger partial charge in [-0.1, -0.05) is 60.7 Å². The van der Waals surface area contributed by atoms with Crippen molar-refractivity contribution in [3.05, 3.63) is 78.9 Å². The summed E-state index contributed by atoms with van der Waals surface area (Å²) in [7, 11) is 0. The predicted octanol–water partition coefficient (Wildman–Crippen LogP) is 6.06. The van der Waals surface area contributed by atoms with Crippen LogP contribution in [0.25, 0.3) is 32.7 Å². The van der Waals surface area contributed by atoms with E-state index in [9.17, 15) is 0 Å². The van der Waals surface area contributed by atoms with Crippen LogP contribution in [-0.2, 0) is 0 Å². The second-order valence-electron chi connectivity index (χ2n) is 5.65. The van der Waals surface area contributed by atoms with Gasteiger partial charge >= 0.3 is 0 Å². The highest BCUT2D eigenvalue weighted by atomic mass is 16.5. The zero-order chi connectivity index (χ0) is 15.6. The third kappa shape index (κ3) is 2.44. The Balaban J connectivity index is 1.97. The summed E-state index contributed by atoms with van der Waals surface area (Å²) in [6.45, 7) is 2.70. The minimum absolute atomic E-state index is 0.693. The Morgan fingerprint density at radius 3 is 2.09 bits per heavy atom. The second-order valence-corrected chi connectivity index (χ2v) is 5.65. The highest BCUT2D eigenvalue weighted by Gasteiger charge is 2.08. The standard InChI is InChI=1S/C22H18O/c1-2-23-18-13-11-16(12-14-18)22-15-17-7-3-4-8-19(17)20-9-5-6-10-21(20)22/h3-15H,2H2,1H3. The summed E-state index contributed by atoms with van der Waals surface area (Å²) in [4.78, 5) is 0. The molecule has 112 valence electrons. The maximum atomic E-state index is 5.55. The van der Waals surface area contributed by atoms with Crippen molar-refractivity contribution in [3.63, 3.8) is 0 Å². The first-order valence-electron chi connectivity index (χ1n) is 8.00. The minimum atomic E-state index is 0.693. The molecule has 0 saturated heterocycles.